The van der Waals surface area contributed by atoms with E-state index in [0.717, 1.165) is 0 Å². The van der Waals surface area contributed by atoms with Crippen LogP contribution in [0.25, 0.3) is 0 Å². The fraction of sp³-hybridized carbons (Fsp3) is 0. The maximum atomic E-state index is 11.2. The zero-order chi connectivity index (χ0) is 15.6. The molecule has 0 heterocycles. The predicted molar refractivity (Wildman–Crippen MR) is 89.1 cm³/mol. The summed E-state index contributed by atoms with van der Waals surface area (Å²) in [6.45, 7) is 0. The van der Waals surface area contributed by atoms with Crippen LogP contribution < -0.4 is 10.4 Å². The fourth-order valence-electron chi connectivity index (χ4n) is 1.94. The van der Waals surface area contributed by atoms with E-state index in [4.69, 9.17) is 0 Å². The van der Waals surface area contributed by atoms with Crippen LogP contribution in [0.1, 0.15) is 0 Å². The second-order valence-corrected chi connectivity index (χ2v) is 16.7. The molecule has 0 saturated heterocycles. The normalized spacial score (nSPS) is 11.1. The van der Waals surface area contributed by atoms with E-state index in [0.29, 0.717) is 10.4 Å². The first-order chi connectivity index (χ1) is 9.85. The number of nitrogens with zero attached hydrogens (tertiary/aromatic N) is 2. The summed E-state index contributed by atoms with van der Waals surface area (Å²) in [6.07, 6.45) is 0. The van der Waals surface area contributed by atoms with Crippen LogP contribution in [0.2, 0.25) is 0 Å². The largest absolute Gasteiger partial charge is 0.273 e. The number of benzene rings is 2. The van der Waals surface area contributed by atoms with Crippen molar-refractivity contribution in [1.82, 2.24) is 0 Å². The number of halogens is 2. The first-order valence-corrected chi connectivity index (χ1v) is 12.2. The number of hydrogen-bond donors (Lipinski definition) is 0. The highest BCUT2D eigenvalue weighted by atomic mass is 79.9. The molecule has 0 amide bonds. The van der Waals surface area contributed by atoms with Gasteiger partial charge in [-0.05, 0) is 0 Å². The summed E-state index contributed by atoms with van der Waals surface area (Å²) in [4.78, 5) is 21.4. The highest BCUT2D eigenvalue weighted by Crippen LogP contribution is 2.28. The molecule has 0 aliphatic rings. The highest BCUT2D eigenvalue weighted by Gasteiger charge is 2.41. The Morgan fingerprint density at radius 2 is 1.10 bits per heavy atom. The molecule has 0 aliphatic carbocycles. The van der Waals surface area contributed by atoms with Gasteiger partial charge in [0.2, 0.25) is 0 Å². The minimum absolute atomic E-state index is 0.0731. The molecule has 0 radical (unpaired) electrons. The van der Waals surface area contributed by atoms with Crippen molar-refractivity contribution in [2.24, 2.45) is 0 Å². The van der Waals surface area contributed by atoms with Crippen LogP contribution >= 0.6 is 30.6 Å². The molecule has 0 bridgehead atoms. The van der Waals surface area contributed by atoms with Gasteiger partial charge in [-0.3, -0.25) is 20.2 Å². The Hall–Kier alpha value is -1.58. The molecule has 2 rings (SSSR count). The van der Waals surface area contributed by atoms with Gasteiger partial charge in [-0.2, -0.15) is 0 Å². The number of nitro groups is 2. The van der Waals surface area contributed by atoms with Gasteiger partial charge >= 0.3 is 0 Å². The van der Waals surface area contributed by atoms with E-state index in [2.05, 4.69) is 30.6 Å². The lowest BCUT2D eigenvalue weighted by atomic mass is 10.3. The second kappa shape index (κ2) is 6.04. The molecule has 0 fully saturated rings. The third-order valence-corrected chi connectivity index (χ3v) is 10.2. The van der Waals surface area contributed by atoms with Gasteiger partial charge in [0.15, 0.2) is 0 Å². The quantitative estimate of drug-likeness (QED) is 0.322. The Kier molecular flexibility index (Phi) is 4.54. The monoisotopic (exact) mass is 430 g/mol. The molecule has 6 nitrogen and oxygen atoms in total. The first kappa shape index (κ1) is 15.8. The first-order valence-electron chi connectivity index (χ1n) is 5.71. The summed E-state index contributed by atoms with van der Waals surface area (Å²) in [5, 5.41) is 20.3. The van der Waals surface area contributed by atoms with Crippen LogP contribution in [-0.2, 0) is 0 Å². The third-order valence-electron chi connectivity index (χ3n) is 2.88. The van der Waals surface area contributed by atoms with Crippen LogP contribution in [0, 0.1) is 20.2 Å². The molecule has 9 heteroatoms. The maximum absolute atomic E-state index is 11.2. The van der Waals surface area contributed by atoms with Gasteiger partial charge in [0.05, 0.1) is 9.85 Å². The molecule has 0 aliphatic heterocycles. The lowest BCUT2D eigenvalue weighted by Crippen LogP contribution is -2.49. The minimum Gasteiger partial charge on any atom is -0.258 e. The summed E-state index contributed by atoms with van der Waals surface area (Å²) < 4.78 is 0. The predicted octanol–water partition coefficient (Wildman–Crippen LogP) is 2.85. The van der Waals surface area contributed by atoms with E-state index in [1.807, 2.05) is 0 Å². The maximum Gasteiger partial charge on any atom is 0.273 e. The Labute approximate surface area is 136 Å². The molecule has 0 saturated carbocycles. The van der Waals surface area contributed by atoms with Gasteiger partial charge in [0.1, 0.15) is 0 Å². The molecular weight excluding hydrogens is 424 g/mol. The number of nitro benzene ring substituents is 2. The van der Waals surface area contributed by atoms with Crippen molar-refractivity contribution in [2.45, 2.75) is 0 Å². The van der Waals surface area contributed by atoms with E-state index >= 15 is 0 Å². The van der Waals surface area contributed by atoms with Crippen LogP contribution in [-0.4, -0.2) is 15.2 Å². The average Bonchev–Trinajstić information content (AvgIpc) is 2.47. The van der Waals surface area contributed by atoms with E-state index in [-0.39, 0.29) is 11.4 Å². The lowest BCUT2D eigenvalue weighted by molar-refractivity contribution is -0.383. The van der Waals surface area contributed by atoms with Gasteiger partial charge in [-0.25, -0.2) is 0 Å². The number of rotatable bonds is 4. The molecule has 0 atom stereocenters. The zero-order valence-corrected chi connectivity index (χ0v) is 14.6. The van der Waals surface area contributed by atoms with Crippen LogP contribution in [0.15, 0.2) is 48.5 Å². The van der Waals surface area contributed by atoms with Crippen LogP contribution in [0.5, 0.6) is 0 Å². The molecule has 0 unspecified atom stereocenters. The van der Waals surface area contributed by atoms with Crippen molar-refractivity contribution in [1.29, 1.82) is 0 Å². The van der Waals surface area contributed by atoms with Crippen molar-refractivity contribution in [2.75, 3.05) is 0 Å². The minimum atomic E-state index is -2.93. The lowest BCUT2D eigenvalue weighted by Gasteiger charge is -2.18. The average molecular weight is 432 g/mol. The molecule has 0 aromatic heterocycles. The summed E-state index contributed by atoms with van der Waals surface area (Å²) in [5.74, 6) is 0. The Morgan fingerprint density at radius 3 is 1.43 bits per heavy atom. The van der Waals surface area contributed by atoms with Crippen molar-refractivity contribution >= 4 is 57.6 Å². The zero-order valence-electron chi connectivity index (χ0n) is 10.4. The summed E-state index contributed by atoms with van der Waals surface area (Å²) in [7, 11) is 0. The third kappa shape index (κ3) is 3.04. The van der Waals surface area contributed by atoms with E-state index in [1.165, 1.54) is 12.1 Å². The topological polar surface area (TPSA) is 86.3 Å². The van der Waals surface area contributed by atoms with Gasteiger partial charge in [-0.1, -0.05) is 67.0 Å². The molecule has 21 heavy (non-hydrogen) atoms. The smallest absolute Gasteiger partial charge is 0.258 e. The highest BCUT2D eigenvalue weighted by molar-refractivity contribution is 9.52. The van der Waals surface area contributed by atoms with E-state index in [1.54, 1.807) is 36.4 Å². The molecule has 0 N–H and O–H groups in total. The van der Waals surface area contributed by atoms with Gasteiger partial charge in [0.25, 0.3) is 16.7 Å². The number of hydrogen-bond acceptors (Lipinski definition) is 4. The van der Waals surface area contributed by atoms with Gasteiger partial charge < -0.3 is 0 Å². The Bertz CT molecular complexity index is 664. The molecule has 0 spiro atoms. The van der Waals surface area contributed by atoms with Crippen molar-refractivity contribution in [3.63, 3.8) is 0 Å². The summed E-state index contributed by atoms with van der Waals surface area (Å²) in [6, 6.07) is 12.4. The fourth-order valence-corrected chi connectivity index (χ4v) is 7.86. The van der Waals surface area contributed by atoms with Crippen LogP contribution in [0.3, 0.4) is 0 Å². The van der Waals surface area contributed by atoms with E-state index in [9.17, 15) is 20.2 Å². The molecule has 108 valence electrons. The number of para-hydroxylation sites is 2. The Morgan fingerprint density at radius 1 is 0.762 bits per heavy atom. The Balaban J connectivity index is 2.69. The summed E-state index contributed by atoms with van der Waals surface area (Å²) in [5.41, 5.74) is -0.146. The van der Waals surface area contributed by atoms with Crippen molar-refractivity contribution in [3.05, 3.63) is 68.8 Å². The standard InChI is InChI=1S/C12H8Br2N2O4Si/c13-21(14,11-7-3-1-5-9(11)15(17)18)12-8-4-2-6-10(12)16(19)20/h1-8H. The van der Waals surface area contributed by atoms with Gasteiger partial charge in [0, 0.05) is 22.5 Å². The summed E-state index contributed by atoms with van der Waals surface area (Å²) >= 11 is 6.97. The van der Waals surface area contributed by atoms with Crippen molar-refractivity contribution < 1.29 is 9.85 Å². The van der Waals surface area contributed by atoms with Crippen LogP contribution in [0.4, 0.5) is 11.4 Å². The van der Waals surface area contributed by atoms with E-state index < -0.39 is 15.2 Å². The molecule has 2 aromatic rings. The molecular formula is C12H8Br2N2O4Si. The molecule has 2 aromatic carbocycles. The van der Waals surface area contributed by atoms with Crippen molar-refractivity contribution in [3.8, 4) is 0 Å². The second-order valence-electron chi connectivity index (χ2n) is 4.12. The van der Waals surface area contributed by atoms with Gasteiger partial charge in [-0.15, -0.1) is 0 Å². The SMILES string of the molecule is O=[N+]([O-])c1ccccc1[Si](Br)(Br)c1ccccc1[N+](=O)[O-].